The van der Waals surface area contributed by atoms with Crippen molar-refractivity contribution in [3.63, 3.8) is 0 Å². The van der Waals surface area contributed by atoms with Crippen LogP contribution < -0.4 is 11.1 Å². The van der Waals surface area contributed by atoms with Crippen LogP contribution in [0.15, 0.2) is 51.7 Å². The van der Waals surface area contributed by atoms with Crippen molar-refractivity contribution in [2.45, 2.75) is 13.0 Å². The van der Waals surface area contributed by atoms with E-state index in [9.17, 15) is 14.0 Å². The van der Waals surface area contributed by atoms with E-state index in [0.717, 1.165) is 5.56 Å². The standard InChI is InChI=1S/C17H15FN2O3/c1-20-14-8-11(6-7-15(14)23-17(20)22)10-19-16(21)9-12-4-2-3-5-13(12)18/h2-8H,9-10H2,1H3,(H,19,21). The zero-order valence-electron chi connectivity index (χ0n) is 12.5. The molecular formula is C17H15FN2O3. The van der Waals surface area contributed by atoms with Crippen molar-refractivity contribution in [2.24, 2.45) is 7.05 Å². The molecule has 0 bridgehead atoms. The first kappa shape index (κ1) is 15.0. The third-order valence-electron chi connectivity index (χ3n) is 3.65. The molecule has 6 heteroatoms. The molecule has 3 rings (SSSR count). The first-order valence-corrected chi connectivity index (χ1v) is 7.13. The van der Waals surface area contributed by atoms with Crippen molar-refractivity contribution in [1.29, 1.82) is 0 Å². The Bertz CT molecular complexity index is 927. The van der Waals surface area contributed by atoms with Crippen molar-refractivity contribution >= 4 is 17.0 Å². The number of hydrogen-bond donors (Lipinski definition) is 1. The SMILES string of the molecule is Cn1c(=O)oc2ccc(CNC(=O)Cc3ccccc3F)cc21. The number of carbonyl (C=O) groups is 1. The Morgan fingerprint density at radius 3 is 2.83 bits per heavy atom. The van der Waals surface area contributed by atoms with E-state index in [1.54, 1.807) is 43.4 Å². The van der Waals surface area contributed by atoms with E-state index < -0.39 is 11.6 Å². The highest BCUT2D eigenvalue weighted by molar-refractivity contribution is 5.79. The van der Waals surface area contributed by atoms with Gasteiger partial charge in [0.25, 0.3) is 0 Å². The fraction of sp³-hybridized carbons (Fsp3) is 0.176. The Balaban J connectivity index is 1.68. The van der Waals surface area contributed by atoms with Crippen LogP contribution in [0, 0.1) is 5.82 Å². The highest BCUT2D eigenvalue weighted by Crippen LogP contribution is 2.14. The van der Waals surface area contributed by atoms with Gasteiger partial charge in [-0.1, -0.05) is 24.3 Å². The van der Waals surface area contributed by atoms with Gasteiger partial charge in [0.05, 0.1) is 11.9 Å². The lowest BCUT2D eigenvalue weighted by Crippen LogP contribution is -2.24. The number of halogens is 1. The highest BCUT2D eigenvalue weighted by Gasteiger charge is 2.09. The molecule has 118 valence electrons. The number of fused-ring (bicyclic) bond motifs is 1. The van der Waals surface area contributed by atoms with Crippen LogP contribution in [0.3, 0.4) is 0 Å². The van der Waals surface area contributed by atoms with Crippen LogP contribution in [-0.4, -0.2) is 10.5 Å². The van der Waals surface area contributed by atoms with Crippen LogP contribution in [0.4, 0.5) is 4.39 Å². The molecule has 0 aliphatic carbocycles. The molecule has 0 aliphatic heterocycles. The van der Waals surface area contributed by atoms with Crippen molar-refractivity contribution < 1.29 is 13.6 Å². The summed E-state index contributed by atoms with van der Waals surface area (Å²) in [6.45, 7) is 0.294. The summed E-state index contributed by atoms with van der Waals surface area (Å²) in [6, 6.07) is 11.4. The van der Waals surface area contributed by atoms with Crippen molar-refractivity contribution in [2.75, 3.05) is 0 Å². The molecule has 1 aromatic heterocycles. The maximum Gasteiger partial charge on any atom is 0.419 e. The maximum absolute atomic E-state index is 13.5. The summed E-state index contributed by atoms with van der Waals surface area (Å²) in [5.74, 6) is -1.09. The summed E-state index contributed by atoms with van der Waals surface area (Å²) >= 11 is 0. The quantitative estimate of drug-likeness (QED) is 0.802. The van der Waals surface area contributed by atoms with E-state index >= 15 is 0 Å². The first-order chi connectivity index (χ1) is 11.0. The molecule has 0 spiro atoms. The Kier molecular flexibility index (Phi) is 3.97. The summed E-state index contributed by atoms with van der Waals surface area (Å²) in [5.41, 5.74) is 2.35. The number of oxazole rings is 1. The van der Waals surface area contributed by atoms with Gasteiger partial charge in [0, 0.05) is 13.6 Å². The summed E-state index contributed by atoms with van der Waals surface area (Å²) in [5, 5.41) is 2.74. The third kappa shape index (κ3) is 3.15. The number of nitrogens with one attached hydrogen (secondary N) is 1. The molecular weight excluding hydrogens is 299 g/mol. The van der Waals surface area contributed by atoms with Crippen LogP contribution in [0.1, 0.15) is 11.1 Å². The van der Waals surface area contributed by atoms with E-state index in [2.05, 4.69) is 5.32 Å². The molecule has 0 fully saturated rings. The molecule has 3 aromatic rings. The Morgan fingerprint density at radius 2 is 2.04 bits per heavy atom. The van der Waals surface area contributed by atoms with Gasteiger partial charge in [-0.2, -0.15) is 0 Å². The maximum atomic E-state index is 13.5. The molecule has 1 N–H and O–H groups in total. The smallest absolute Gasteiger partial charge is 0.408 e. The lowest BCUT2D eigenvalue weighted by atomic mass is 10.1. The molecule has 0 aliphatic rings. The molecule has 0 atom stereocenters. The average molecular weight is 314 g/mol. The molecule has 5 nitrogen and oxygen atoms in total. The van der Waals surface area contributed by atoms with Gasteiger partial charge in [0.1, 0.15) is 5.82 Å². The fourth-order valence-corrected chi connectivity index (χ4v) is 2.36. The lowest BCUT2D eigenvalue weighted by Gasteiger charge is -2.06. The number of hydrogen-bond acceptors (Lipinski definition) is 3. The number of amides is 1. The first-order valence-electron chi connectivity index (χ1n) is 7.13. The fourth-order valence-electron chi connectivity index (χ4n) is 2.36. The van der Waals surface area contributed by atoms with E-state index in [4.69, 9.17) is 4.42 Å². The second kappa shape index (κ2) is 6.08. The molecule has 23 heavy (non-hydrogen) atoms. The van der Waals surface area contributed by atoms with Gasteiger partial charge in [-0.25, -0.2) is 9.18 Å². The molecule has 0 saturated heterocycles. The van der Waals surface area contributed by atoms with Gasteiger partial charge in [0.15, 0.2) is 5.58 Å². The predicted octanol–water partition coefficient (Wildman–Crippen LogP) is 2.13. The van der Waals surface area contributed by atoms with Crippen molar-refractivity contribution in [1.82, 2.24) is 9.88 Å². The number of carbonyl (C=O) groups excluding carboxylic acids is 1. The third-order valence-corrected chi connectivity index (χ3v) is 3.65. The van der Waals surface area contributed by atoms with E-state index in [-0.39, 0.29) is 12.3 Å². The van der Waals surface area contributed by atoms with Gasteiger partial charge in [0.2, 0.25) is 5.91 Å². The second-order valence-corrected chi connectivity index (χ2v) is 5.27. The Labute approximate surface area is 131 Å². The van der Waals surface area contributed by atoms with Gasteiger partial charge >= 0.3 is 5.76 Å². The van der Waals surface area contributed by atoms with Crippen molar-refractivity contribution in [3.05, 3.63) is 70.0 Å². The molecule has 2 aromatic carbocycles. The minimum absolute atomic E-state index is 0.0148. The molecule has 0 unspecified atom stereocenters. The molecule has 0 saturated carbocycles. The summed E-state index contributed by atoms with van der Waals surface area (Å²) in [6.07, 6.45) is -0.0148. The normalized spacial score (nSPS) is 10.9. The van der Waals surface area contributed by atoms with E-state index in [0.29, 0.717) is 23.2 Å². The van der Waals surface area contributed by atoms with Gasteiger partial charge in [-0.15, -0.1) is 0 Å². The zero-order valence-corrected chi connectivity index (χ0v) is 12.5. The molecule has 1 heterocycles. The topological polar surface area (TPSA) is 64.2 Å². The van der Waals surface area contributed by atoms with Crippen LogP contribution >= 0.6 is 0 Å². The van der Waals surface area contributed by atoms with Crippen molar-refractivity contribution in [3.8, 4) is 0 Å². The summed E-state index contributed by atoms with van der Waals surface area (Å²) < 4.78 is 20.0. The number of rotatable bonds is 4. The van der Waals surface area contributed by atoms with Crippen LogP contribution in [0.2, 0.25) is 0 Å². The minimum Gasteiger partial charge on any atom is -0.408 e. The predicted molar refractivity (Wildman–Crippen MR) is 83.4 cm³/mol. The summed E-state index contributed by atoms with van der Waals surface area (Å²) in [4.78, 5) is 23.4. The average Bonchev–Trinajstić information content (AvgIpc) is 2.82. The van der Waals surface area contributed by atoms with Gasteiger partial charge < -0.3 is 9.73 Å². The van der Waals surface area contributed by atoms with Crippen LogP contribution in [0.5, 0.6) is 0 Å². The Morgan fingerprint density at radius 1 is 1.26 bits per heavy atom. The lowest BCUT2D eigenvalue weighted by molar-refractivity contribution is -0.120. The molecule has 0 radical (unpaired) electrons. The highest BCUT2D eigenvalue weighted by atomic mass is 19.1. The number of nitrogens with zero attached hydrogens (tertiary/aromatic N) is 1. The zero-order chi connectivity index (χ0) is 16.4. The largest absolute Gasteiger partial charge is 0.419 e. The van der Waals surface area contributed by atoms with Gasteiger partial charge in [-0.3, -0.25) is 9.36 Å². The van der Waals surface area contributed by atoms with E-state index in [1.807, 2.05) is 0 Å². The van der Waals surface area contributed by atoms with Crippen LogP contribution in [-0.2, 0) is 24.8 Å². The van der Waals surface area contributed by atoms with Crippen LogP contribution in [0.25, 0.3) is 11.1 Å². The van der Waals surface area contributed by atoms with E-state index in [1.165, 1.54) is 10.6 Å². The Hall–Kier alpha value is -2.89. The number of aryl methyl sites for hydroxylation is 1. The molecule has 1 amide bonds. The monoisotopic (exact) mass is 314 g/mol. The number of benzene rings is 2. The second-order valence-electron chi connectivity index (χ2n) is 5.27. The van der Waals surface area contributed by atoms with Gasteiger partial charge in [-0.05, 0) is 29.3 Å². The number of aromatic nitrogens is 1. The summed E-state index contributed by atoms with van der Waals surface area (Å²) in [7, 11) is 1.62. The minimum atomic E-state index is -0.430.